The van der Waals surface area contributed by atoms with Gasteiger partial charge in [0, 0.05) is 12.1 Å². The minimum Gasteiger partial charge on any atom is -0.490 e. The Hall–Kier alpha value is -2.08. The molecule has 1 atom stereocenters. The van der Waals surface area contributed by atoms with Crippen molar-refractivity contribution in [2.24, 2.45) is 0 Å². The third-order valence-electron chi connectivity index (χ3n) is 3.02. The maximum Gasteiger partial charge on any atom is 0.267 e. The summed E-state index contributed by atoms with van der Waals surface area (Å²) in [5.74, 6) is 0.601. The molecule has 6 nitrogen and oxygen atoms in total. The van der Waals surface area contributed by atoms with Gasteiger partial charge in [0.15, 0.2) is 17.6 Å². The van der Waals surface area contributed by atoms with E-state index in [2.05, 4.69) is 0 Å². The number of β-amino-alcohol motifs (C(OH)–C–C–N with tert-alkyl or cyclic N) is 1. The van der Waals surface area contributed by atoms with Gasteiger partial charge in [-0.2, -0.15) is 0 Å². The normalized spacial score (nSPS) is 17.4. The number of aliphatic hydroxyl groups is 1. The van der Waals surface area contributed by atoms with Crippen molar-refractivity contribution in [3.05, 3.63) is 17.7 Å². The fraction of sp³-hybridized carbons (Fsp3) is 0.429. The molecule has 1 unspecified atom stereocenters. The highest BCUT2D eigenvalue weighted by Crippen LogP contribution is 2.42. The highest BCUT2D eigenvalue weighted by molar-refractivity contribution is 6.01. The highest BCUT2D eigenvalue weighted by atomic mass is 16.5. The van der Waals surface area contributed by atoms with E-state index in [1.807, 2.05) is 6.92 Å². The van der Waals surface area contributed by atoms with Crippen LogP contribution in [-0.2, 0) is 4.79 Å². The number of ether oxygens (including phenoxy) is 2. The van der Waals surface area contributed by atoms with Crippen LogP contribution in [0.2, 0.25) is 0 Å². The Morgan fingerprint density at radius 2 is 2.25 bits per heavy atom. The second-order valence-electron chi connectivity index (χ2n) is 4.39. The lowest BCUT2D eigenvalue weighted by atomic mass is 10.1. The standard InChI is InChI=1S/C14H17NO5/c1-3-19-12-7-10(8-17)6-11-13(12)20-9(2)14(18)15(11)4-5-16/h6-9,16H,3-5H2,1-2H3. The van der Waals surface area contributed by atoms with Crippen molar-refractivity contribution in [2.45, 2.75) is 20.0 Å². The van der Waals surface area contributed by atoms with Crippen LogP contribution in [0.5, 0.6) is 11.5 Å². The number of anilines is 1. The molecule has 6 heteroatoms. The van der Waals surface area contributed by atoms with Gasteiger partial charge in [-0.05, 0) is 26.0 Å². The van der Waals surface area contributed by atoms with Gasteiger partial charge in [0.05, 0.1) is 18.9 Å². The Morgan fingerprint density at radius 1 is 1.50 bits per heavy atom. The minimum atomic E-state index is -0.657. The van der Waals surface area contributed by atoms with Gasteiger partial charge < -0.3 is 19.5 Å². The molecule has 1 amide bonds. The summed E-state index contributed by atoms with van der Waals surface area (Å²) in [7, 11) is 0. The zero-order chi connectivity index (χ0) is 14.7. The van der Waals surface area contributed by atoms with Crippen LogP contribution in [0.15, 0.2) is 12.1 Å². The van der Waals surface area contributed by atoms with Gasteiger partial charge in [-0.1, -0.05) is 0 Å². The molecule has 20 heavy (non-hydrogen) atoms. The number of aldehydes is 1. The number of hydrogen-bond donors (Lipinski definition) is 1. The summed E-state index contributed by atoms with van der Waals surface area (Å²) < 4.78 is 11.1. The third-order valence-corrected chi connectivity index (χ3v) is 3.02. The van der Waals surface area contributed by atoms with E-state index < -0.39 is 6.10 Å². The van der Waals surface area contributed by atoms with E-state index in [4.69, 9.17) is 14.6 Å². The van der Waals surface area contributed by atoms with Crippen molar-refractivity contribution >= 4 is 17.9 Å². The Labute approximate surface area is 116 Å². The van der Waals surface area contributed by atoms with Gasteiger partial charge in [0.25, 0.3) is 5.91 Å². The topological polar surface area (TPSA) is 76.1 Å². The average molecular weight is 279 g/mol. The molecule has 0 saturated carbocycles. The molecule has 1 aromatic carbocycles. The van der Waals surface area contributed by atoms with Crippen LogP contribution in [0.25, 0.3) is 0 Å². The molecule has 1 aliphatic heterocycles. The van der Waals surface area contributed by atoms with Gasteiger partial charge >= 0.3 is 0 Å². The van der Waals surface area contributed by atoms with Crippen LogP contribution < -0.4 is 14.4 Å². The van der Waals surface area contributed by atoms with E-state index in [-0.39, 0.29) is 19.1 Å². The van der Waals surface area contributed by atoms with Crippen molar-refractivity contribution in [1.29, 1.82) is 0 Å². The molecule has 108 valence electrons. The van der Waals surface area contributed by atoms with Gasteiger partial charge in [-0.3, -0.25) is 9.59 Å². The van der Waals surface area contributed by atoms with E-state index >= 15 is 0 Å². The van der Waals surface area contributed by atoms with Gasteiger partial charge in [-0.25, -0.2) is 0 Å². The molecule has 0 aliphatic carbocycles. The highest BCUT2D eigenvalue weighted by Gasteiger charge is 2.33. The molecule has 2 rings (SSSR count). The lowest BCUT2D eigenvalue weighted by molar-refractivity contribution is -0.125. The zero-order valence-corrected chi connectivity index (χ0v) is 11.5. The van der Waals surface area contributed by atoms with Crippen LogP contribution in [-0.4, -0.2) is 43.2 Å². The summed E-state index contributed by atoms with van der Waals surface area (Å²) in [6.45, 7) is 3.85. The molecule has 1 aliphatic rings. The monoisotopic (exact) mass is 279 g/mol. The smallest absolute Gasteiger partial charge is 0.267 e. The molecular weight excluding hydrogens is 262 g/mol. The first kappa shape index (κ1) is 14.3. The van der Waals surface area contributed by atoms with Crippen LogP contribution >= 0.6 is 0 Å². The summed E-state index contributed by atoms with van der Waals surface area (Å²) in [6, 6.07) is 3.14. The van der Waals surface area contributed by atoms with Crippen LogP contribution in [0.1, 0.15) is 24.2 Å². The summed E-state index contributed by atoms with van der Waals surface area (Å²) in [5.41, 5.74) is 0.844. The Kier molecular flexibility index (Phi) is 4.24. The summed E-state index contributed by atoms with van der Waals surface area (Å²) in [5, 5.41) is 9.11. The second kappa shape index (κ2) is 5.92. The fourth-order valence-corrected chi connectivity index (χ4v) is 2.15. The number of hydrogen-bond acceptors (Lipinski definition) is 5. The lowest BCUT2D eigenvalue weighted by Crippen LogP contribution is -2.45. The molecule has 0 spiro atoms. The van der Waals surface area contributed by atoms with Crippen molar-refractivity contribution in [3.63, 3.8) is 0 Å². The predicted molar refractivity (Wildman–Crippen MR) is 72.5 cm³/mol. The first-order valence-electron chi connectivity index (χ1n) is 6.47. The van der Waals surface area contributed by atoms with E-state index in [9.17, 15) is 9.59 Å². The second-order valence-corrected chi connectivity index (χ2v) is 4.39. The first-order valence-corrected chi connectivity index (χ1v) is 6.47. The number of aliphatic hydroxyl groups excluding tert-OH is 1. The number of rotatable bonds is 5. The van der Waals surface area contributed by atoms with Crippen molar-refractivity contribution in [3.8, 4) is 11.5 Å². The fourth-order valence-electron chi connectivity index (χ4n) is 2.15. The van der Waals surface area contributed by atoms with E-state index in [0.29, 0.717) is 35.6 Å². The largest absolute Gasteiger partial charge is 0.490 e. The quantitative estimate of drug-likeness (QED) is 0.814. The summed E-state index contributed by atoms with van der Waals surface area (Å²) in [4.78, 5) is 24.5. The molecule has 1 aromatic rings. The number of carbonyl (C=O) groups is 2. The van der Waals surface area contributed by atoms with Gasteiger partial charge in [0.2, 0.25) is 0 Å². The minimum absolute atomic E-state index is 0.146. The molecule has 0 saturated heterocycles. The molecule has 0 radical (unpaired) electrons. The van der Waals surface area contributed by atoms with Crippen molar-refractivity contribution < 1.29 is 24.2 Å². The number of fused-ring (bicyclic) bond motifs is 1. The zero-order valence-electron chi connectivity index (χ0n) is 11.5. The molecule has 1 heterocycles. The molecule has 0 bridgehead atoms. The van der Waals surface area contributed by atoms with Crippen molar-refractivity contribution in [2.75, 3.05) is 24.7 Å². The lowest BCUT2D eigenvalue weighted by Gasteiger charge is -2.33. The first-order chi connectivity index (χ1) is 9.62. The Balaban J connectivity index is 2.57. The predicted octanol–water partition coefficient (Wildman–Crippen LogP) is 1.00. The average Bonchev–Trinajstić information content (AvgIpc) is 2.44. The Bertz CT molecular complexity index is 529. The van der Waals surface area contributed by atoms with E-state index in [0.717, 1.165) is 0 Å². The summed E-state index contributed by atoms with van der Waals surface area (Å²) in [6.07, 6.45) is 0.0259. The number of carbonyl (C=O) groups excluding carboxylic acids is 2. The maximum absolute atomic E-state index is 12.1. The van der Waals surface area contributed by atoms with Crippen molar-refractivity contribution in [1.82, 2.24) is 0 Å². The molecule has 0 aromatic heterocycles. The molecule has 1 N–H and O–H groups in total. The number of benzene rings is 1. The maximum atomic E-state index is 12.1. The SMILES string of the molecule is CCOc1cc(C=O)cc2c1OC(C)C(=O)N2CCO. The van der Waals surface area contributed by atoms with Gasteiger partial charge in [0.1, 0.15) is 6.29 Å². The van der Waals surface area contributed by atoms with Gasteiger partial charge in [-0.15, -0.1) is 0 Å². The molecular formula is C14H17NO5. The van der Waals surface area contributed by atoms with Crippen LogP contribution in [0.4, 0.5) is 5.69 Å². The number of nitrogens with zero attached hydrogens (tertiary/aromatic N) is 1. The molecule has 0 fully saturated rings. The summed E-state index contributed by atoms with van der Waals surface area (Å²) >= 11 is 0. The Morgan fingerprint density at radius 3 is 2.85 bits per heavy atom. The number of amides is 1. The van der Waals surface area contributed by atoms with E-state index in [1.54, 1.807) is 19.1 Å². The van der Waals surface area contributed by atoms with Crippen LogP contribution in [0, 0.1) is 0 Å². The third kappa shape index (κ3) is 2.46. The van der Waals surface area contributed by atoms with Crippen LogP contribution in [0.3, 0.4) is 0 Å². The van der Waals surface area contributed by atoms with E-state index in [1.165, 1.54) is 4.90 Å².